The van der Waals surface area contributed by atoms with E-state index in [0.29, 0.717) is 6.42 Å². The van der Waals surface area contributed by atoms with Gasteiger partial charge in [0.05, 0.1) is 18.1 Å². The zero-order valence-corrected chi connectivity index (χ0v) is 12.6. The lowest BCUT2D eigenvalue weighted by molar-refractivity contribution is -0.167. The first-order chi connectivity index (χ1) is 10.3. The number of esters is 1. The van der Waals surface area contributed by atoms with E-state index in [1.165, 1.54) is 32.1 Å². The molecule has 4 unspecified atom stereocenters. The molecule has 0 aromatic carbocycles. The van der Waals surface area contributed by atoms with Gasteiger partial charge in [-0.25, -0.2) is 0 Å². The van der Waals surface area contributed by atoms with E-state index in [9.17, 15) is 9.90 Å². The highest BCUT2D eigenvalue weighted by molar-refractivity contribution is 5.74. The minimum atomic E-state index is -0.394. The van der Waals surface area contributed by atoms with E-state index in [4.69, 9.17) is 9.47 Å². The number of ether oxygens (including phenoxy) is 2. The van der Waals surface area contributed by atoms with Crippen LogP contribution in [0.25, 0.3) is 0 Å². The van der Waals surface area contributed by atoms with Gasteiger partial charge in [0, 0.05) is 11.8 Å². The van der Waals surface area contributed by atoms with Gasteiger partial charge in [-0.15, -0.1) is 0 Å². The molecule has 0 aromatic rings. The van der Waals surface area contributed by atoms with Crippen molar-refractivity contribution in [1.82, 2.24) is 0 Å². The van der Waals surface area contributed by atoms with E-state index >= 15 is 0 Å². The molecule has 1 N–H and O–H groups in total. The Bertz CT molecular complexity index is 384. The molecular weight excluding hydrogens is 268 g/mol. The Kier molecular flexibility index (Phi) is 4.96. The first kappa shape index (κ1) is 15.0. The van der Waals surface area contributed by atoms with E-state index < -0.39 is 6.10 Å². The van der Waals surface area contributed by atoms with Crippen molar-refractivity contribution < 1.29 is 19.4 Å². The molecule has 0 radical (unpaired) electrons. The highest BCUT2D eigenvalue weighted by Gasteiger charge is 2.47. The summed E-state index contributed by atoms with van der Waals surface area (Å²) in [4.78, 5) is 12.1. The molecular formula is C17H26O4. The van der Waals surface area contributed by atoms with Gasteiger partial charge >= 0.3 is 5.97 Å². The van der Waals surface area contributed by atoms with Crippen molar-refractivity contribution in [3.63, 3.8) is 0 Å². The number of aliphatic hydroxyl groups excluding tert-OH is 1. The number of carbonyl (C=O) groups excluding carboxylic acids is 1. The number of fused-ring (bicyclic) bond motifs is 2. The van der Waals surface area contributed by atoms with Gasteiger partial charge in [0.2, 0.25) is 0 Å². The Morgan fingerprint density at radius 1 is 1.10 bits per heavy atom. The quantitative estimate of drug-likeness (QED) is 0.492. The first-order valence-electron chi connectivity index (χ1n) is 8.40. The molecule has 3 rings (SSSR count). The summed E-state index contributed by atoms with van der Waals surface area (Å²) < 4.78 is 11.0. The summed E-state index contributed by atoms with van der Waals surface area (Å²) in [5, 5.41) is 9.93. The maximum absolute atomic E-state index is 12.1. The van der Waals surface area contributed by atoms with Crippen LogP contribution in [0.4, 0.5) is 0 Å². The predicted molar refractivity (Wildman–Crippen MR) is 78.4 cm³/mol. The van der Waals surface area contributed by atoms with Crippen LogP contribution in [0, 0.1) is 17.8 Å². The third-order valence-electron chi connectivity index (χ3n) is 5.26. The molecule has 2 fully saturated rings. The van der Waals surface area contributed by atoms with Gasteiger partial charge in [-0.05, 0) is 19.3 Å². The highest BCUT2D eigenvalue weighted by atomic mass is 16.7. The fourth-order valence-electron chi connectivity index (χ4n) is 3.96. The summed E-state index contributed by atoms with van der Waals surface area (Å²) in [5.41, 5.74) is 0. The van der Waals surface area contributed by atoms with Gasteiger partial charge in [0.15, 0.2) is 6.79 Å². The smallest absolute Gasteiger partial charge is 0.311 e. The number of hydrogen-bond donors (Lipinski definition) is 1. The van der Waals surface area contributed by atoms with Crippen LogP contribution in [0.2, 0.25) is 0 Å². The molecule has 21 heavy (non-hydrogen) atoms. The van der Waals surface area contributed by atoms with Crippen molar-refractivity contribution in [2.45, 2.75) is 63.6 Å². The first-order valence-corrected chi connectivity index (χ1v) is 8.40. The zero-order valence-electron chi connectivity index (χ0n) is 12.6. The van der Waals surface area contributed by atoms with E-state index in [-0.39, 0.29) is 36.6 Å². The zero-order chi connectivity index (χ0) is 14.7. The average molecular weight is 294 g/mol. The maximum Gasteiger partial charge on any atom is 0.311 e. The van der Waals surface area contributed by atoms with Crippen LogP contribution < -0.4 is 0 Å². The molecule has 2 saturated carbocycles. The van der Waals surface area contributed by atoms with Gasteiger partial charge in [-0.1, -0.05) is 44.3 Å². The van der Waals surface area contributed by atoms with Crippen molar-refractivity contribution in [2.24, 2.45) is 17.8 Å². The molecule has 3 aliphatic carbocycles. The average Bonchev–Trinajstić information content (AvgIpc) is 2.96. The molecule has 0 spiro atoms. The Balaban J connectivity index is 1.39. The molecule has 0 heterocycles. The molecule has 4 atom stereocenters. The Morgan fingerprint density at radius 2 is 1.81 bits per heavy atom. The van der Waals surface area contributed by atoms with Gasteiger partial charge in [0.1, 0.15) is 0 Å². The molecule has 3 aliphatic rings. The maximum atomic E-state index is 12.1. The second-order valence-corrected chi connectivity index (χ2v) is 6.67. The van der Waals surface area contributed by atoms with Gasteiger partial charge in [-0.3, -0.25) is 4.79 Å². The topological polar surface area (TPSA) is 55.8 Å². The van der Waals surface area contributed by atoms with Gasteiger partial charge < -0.3 is 14.6 Å². The summed E-state index contributed by atoms with van der Waals surface area (Å²) in [7, 11) is 0. The molecule has 2 bridgehead atoms. The number of aliphatic hydroxyl groups is 1. The minimum absolute atomic E-state index is 0.0520. The fraction of sp³-hybridized carbons (Fsp3) is 0.824. The van der Waals surface area contributed by atoms with Crippen molar-refractivity contribution >= 4 is 5.97 Å². The molecule has 0 saturated heterocycles. The number of carbonyl (C=O) groups is 1. The molecule has 118 valence electrons. The molecule has 0 amide bonds. The number of hydrogen-bond acceptors (Lipinski definition) is 4. The molecule has 0 aliphatic heterocycles. The number of rotatable bonds is 4. The predicted octanol–water partition coefficient (Wildman–Crippen LogP) is 2.80. The Hall–Kier alpha value is -0.870. The van der Waals surface area contributed by atoms with E-state index in [1.54, 1.807) is 0 Å². The van der Waals surface area contributed by atoms with Crippen molar-refractivity contribution in [3.8, 4) is 0 Å². The standard InChI is InChI=1S/C17H26O4/c18-16-12-8-9-14(16)15(10-12)17(19)21-11-20-13-6-4-2-1-3-5-7-13/h8-9,12-16,18H,1-7,10-11H2. The normalized spacial score (nSPS) is 36.4. The van der Waals surface area contributed by atoms with Crippen LogP contribution in [0.15, 0.2) is 12.2 Å². The molecule has 0 aromatic heterocycles. The summed E-state index contributed by atoms with van der Waals surface area (Å²) in [5.74, 6) is -0.310. The summed E-state index contributed by atoms with van der Waals surface area (Å²) in [6, 6.07) is 0. The highest BCUT2D eigenvalue weighted by Crippen LogP contribution is 2.44. The molecule has 4 heteroatoms. The van der Waals surface area contributed by atoms with E-state index in [0.717, 1.165) is 12.8 Å². The third kappa shape index (κ3) is 3.49. The lowest BCUT2D eigenvalue weighted by atomic mass is 9.94. The fourth-order valence-corrected chi connectivity index (χ4v) is 3.96. The van der Waals surface area contributed by atoms with Crippen LogP contribution in [-0.4, -0.2) is 30.1 Å². The second kappa shape index (κ2) is 6.93. The van der Waals surface area contributed by atoms with Crippen LogP contribution in [0.1, 0.15) is 51.4 Å². The largest absolute Gasteiger partial charge is 0.438 e. The summed E-state index contributed by atoms with van der Waals surface area (Å²) in [6.45, 7) is 0.0667. The summed E-state index contributed by atoms with van der Waals surface area (Å²) >= 11 is 0. The second-order valence-electron chi connectivity index (χ2n) is 6.67. The summed E-state index contributed by atoms with van der Waals surface area (Å²) in [6.07, 6.45) is 13.0. The van der Waals surface area contributed by atoms with Crippen LogP contribution in [0.3, 0.4) is 0 Å². The SMILES string of the molecule is O=C(OCOC1CCCCCCC1)C1CC2C=CC1C2O. The Labute approximate surface area is 126 Å². The Morgan fingerprint density at radius 3 is 2.43 bits per heavy atom. The van der Waals surface area contributed by atoms with Crippen LogP contribution >= 0.6 is 0 Å². The van der Waals surface area contributed by atoms with Gasteiger partial charge in [0.25, 0.3) is 0 Å². The van der Waals surface area contributed by atoms with Crippen molar-refractivity contribution in [1.29, 1.82) is 0 Å². The van der Waals surface area contributed by atoms with E-state index in [1.807, 2.05) is 12.2 Å². The van der Waals surface area contributed by atoms with Crippen molar-refractivity contribution in [3.05, 3.63) is 12.2 Å². The third-order valence-corrected chi connectivity index (χ3v) is 5.26. The molecule has 4 nitrogen and oxygen atoms in total. The van der Waals surface area contributed by atoms with Gasteiger partial charge in [-0.2, -0.15) is 0 Å². The monoisotopic (exact) mass is 294 g/mol. The minimum Gasteiger partial charge on any atom is -0.438 e. The lowest BCUT2D eigenvalue weighted by Gasteiger charge is -2.21. The lowest BCUT2D eigenvalue weighted by Crippen LogP contribution is -2.26. The van der Waals surface area contributed by atoms with Crippen LogP contribution in [-0.2, 0) is 14.3 Å². The van der Waals surface area contributed by atoms with Crippen molar-refractivity contribution in [2.75, 3.05) is 6.79 Å². The van der Waals surface area contributed by atoms with Crippen LogP contribution in [0.5, 0.6) is 0 Å². The van der Waals surface area contributed by atoms with E-state index in [2.05, 4.69) is 0 Å².